The molecule has 2 N–H and O–H groups in total. The van der Waals surface area contributed by atoms with Gasteiger partial charge < -0.3 is 15.4 Å². The molecule has 26 heavy (non-hydrogen) atoms. The Hall–Kier alpha value is -1.33. The molecule has 3 aliphatic rings. The Labute approximate surface area is 160 Å². The number of carbonyl (C=O) groups excluding carboxylic acids is 1. The molecule has 6 heteroatoms. The van der Waals surface area contributed by atoms with Gasteiger partial charge in [0, 0.05) is 5.92 Å². The van der Waals surface area contributed by atoms with E-state index in [1.54, 1.807) is 6.07 Å². The molecule has 2 atom stereocenters. The van der Waals surface area contributed by atoms with Gasteiger partial charge in [0.2, 0.25) is 5.91 Å². The number of halogens is 2. The number of piperidine rings is 1. The number of carbonyl (C=O) groups is 1. The first-order chi connectivity index (χ1) is 12.1. The van der Waals surface area contributed by atoms with Crippen molar-refractivity contribution in [3.05, 3.63) is 29.6 Å². The number of hydrogen-bond donors (Lipinski definition) is 2. The van der Waals surface area contributed by atoms with Crippen molar-refractivity contribution >= 4 is 18.3 Å². The van der Waals surface area contributed by atoms with Crippen LogP contribution in [0.5, 0.6) is 5.75 Å². The third kappa shape index (κ3) is 4.15. The van der Waals surface area contributed by atoms with Gasteiger partial charge in [0.25, 0.3) is 0 Å². The number of benzene rings is 1. The number of ether oxygens (including phenoxy) is 1. The summed E-state index contributed by atoms with van der Waals surface area (Å²) in [5.74, 6) is 0.801. The maximum absolute atomic E-state index is 14.2. The van der Waals surface area contributed by atoms with Crippen LogP contribution in [0.15, 0.2) is 18.2 Å². The van der Waals surface area contributed by atoms with Crippen LogP contribution in [0.2, 0.25) is 0 Å². The number of nitrogens with one attached hydrogen (secondary N) is 2. The first-order valence-electron chi connectivity index (χ1n) is 9.51. The molecule has 3 fully saturated rings. The van der Waals surface area contributed by atoms with Crippen LogP contribution in [-0.4, -0.2) is 25.6 Å². The lowest BCUT2D eigenvalue weighted by atomic mass is 9.91. The number of amides is 1. The summed E-state index contributed by atoms with van der Waals surface area (Å²) < 4.78 is 19.8. The third-order valence-corrected chi connectivity index (χ3v) is 6.09. The van der Waals surface area contributed by atoms with E-state index in [1.165, 1.54) is 18.9 Å². The first-order valence-corrected chi connectivity index (χ1v) is 9.51. The van der Waals surface area contributed by atoms with Crippen molar-refractivity contribution < 1.29 is 13.9 Å². The third-order valence-electron chi connectivity index (χ3n) is 6.09. The maximum Gasteiger partial charge on any atom is 0.224 e. The van der Waals surface area contributed by atoms with Crippen LogP contribution in [-0.2, 0) is 4.79 Å². The summed E-state index contributed by atoms with van der Waals surface area (Å²) in [7, 11) is 0. The molecule has 0 radical (unpaired) electrons. The minimum absolute atomic E-state index is 0. The Balaban J connectivity index is 0.00000196. The second kappa shape index (κ2) is 7.73. The molecule has 1 aromatic carbocycles. The van der Waals surface area contributed by atoms with Gasteiger partial charge in [0.05, 0.1) is 12.6 Å². The van der Waals surface area contributed by atoms with Gasteiger partial charge in [-0.3, -0.25) is 4.79 Å². The Morgan fingerprint density at radius 3 is 2.77 bits per heavy atom. The summed E-state index contributed by atoms with van der Waals surface area (Å²) in [4.78, 5) is 12.5. The average molecular weight is 383 g/mol. The minimum Gasteiger partial charge on any atom is -0.490 e. The van der Waals surface area contributed by atoms with E-state index in [2.05, 4.69) is 10.6 Å². The lowest BCUT2D eigenvalue weighted by molar-refractivity contribution is -0.123. The highest BCUT2D eigenvalue weighted by atomic mass is 35.5. The number of hydrogen-bond acceptors (Lipinski definition) is 3. The van der Waals surface area contributed by atoms with E-state index in [-0.39, 0.29) is 41.5 Å². The molecule has 4 nitrogen and oxygen atoms in total. The standard InChI is InChI=1S/C20H27FN2O2.ClH/c1-13(23-19(24)16-11-20(16)6-8-22-9-7-20)15-4-5-18(17(21)10-15)25-12-14-2-3-14;/h4-5,10,13-14,16,22H,2-3,6-9,11-12H2,1H3,(H,23,24);1H. The van der Waals surface area contributed by atoms with E-state index >= 15 is 0 Å². The molecule has 0 aromatic heterocycles. The zero-order valence-electron chi connectivity index (χ0n) is 15.2. The van der Waals surface area contributed by atoms with Crippen LogP contribution in [0, 0.1) is 23.1 Å². The van der Waals surface area contributed by atoms with Crippen LogP contribution in [0.4, 0.5) is 4.39 Å². The second-order valence-electron chi connectivity index (χ2n) is 8.04. The fourth-order valence-corrected chi connectivity index (χ4v) is 3.99. The van der Waals surface area contributed by atoms with Gasteiger partial charge in [0.15, 0.2) is 11.6 Å². The van der Waals surface area contributed by atoms with Gasteiger partial charge in [-0.05, 0) is 81.1 Å². The molecule has 144 valence electrons. The molecule has 2 aliphatic carbocycles. The van der Waals surface area contributed by atoms with Gasteiger partial charge in [-0.2, -0.15) is 0 Å². The van der Waals surface area contributed by atoms with Crippen molar-refractivity contribution in [2.75, 3.05) is 19.7 Å². The molecule has 2 unspecified atom stereocenters. The smallest absolute Gasteiger partial charge is 0.224 e. The summed E-state index contributed by atoms with van der Waals surface area (Å²) >= 11 is 0. The zero-order valence-corrected chi connectivity index (χ0v) is 16.0. The molecule has 1 amide bonds. The first kappa shape index (κ1) is 19.4. The average Bonchev–Trinajstić information content (AvgIpc) is 3.52. The van der Waals surface area contributed by atoms with Crippen LogP contribution in [0.25, 0.3) is 0 Å². The van der Waals surface area contributed by atoms with Crippen LogP contribution < -0.4 is 15.4 Å². The molecule has 2 saturated carbocycles. The lowest BCUT2D eigenvalue weighted by Gasteiger charge is -2.24. The summed E-state index contributed by atoms with van der Waals surface area (Å²) in [5, 5.41) is 6.42. The van der Waals surface area contributed by atoms with Crippen LogP contribution >= 0.6 is 12.4 Å². The van der Waals surface area contributed by atoms with Gasteiger partial charge in [-0.15, -0.1) is 12.4 Å². The highest BCUT2D eigenvalue weighted by molar-refractivity contribution is 5.85. The van der Waals surface area contributed by atoms with Gasteiger partial charge >= 0.3 is 0 Å². The Morgan fingerprint density at radius 2 is 2.12 bits per heavy atom. The molecule has 4 rings (SSSR count). The van der Waals surface area contributed by atoms with Gasteiger partial charge in [0.1, 0.15) is 0 Å². The fourth-order valence-electron chi connectivity index (χ4n) is 3.99. The maximum atomic E-state index is 14.2. The van der Waals surface area contributed by atoms with E-state index in [1.807, 2.05) is 13.0 Å². The van der Waals surface area contributed by atoms with Crippen molar-refractivity contribution in [1.29, 1.82) is 0 Å². The fraction of sp³-hybridized carbons (Fsp3) is 0.650. The molecule has 1 aliphatic heterocycles. The summed E-state index contributed by atoms with van der Waals surface area (Å²) in [6.07, 6.45) is 5.53. The predicted molar refractivity (Wildman–Crippen MR) is 101 cm³/mol. The van der Waals surface area contributed by atoms with E-state index in [9.17, 15) is 9.18 Å². The molecular formula is C20H28ClFN2O2. The molecule has 1 aromatic rings. The largest absolute Gasteiger partial charge is 0.490 e. The molecular weight excluding hydrogens is 355 g/mol. The minimum atomic E-state index is -0.347. The molecule has 1 heterocycles. The SMILES string of the molecule is CC(NC(=O)C1CC12CCNCC2)c1ccc(OCC2CC2)c(F)c1.Cl. The normalized spacial score (nSPS) is 24.5. The topological polar surface area (TPSA) is 50.4 Å². The van der Waals surface area contributed by atoms with E-state index < -0.39 is 0 Å². The van der Waals surface area contributed by atoms with Crippen LogP contribution in [0.1, 0.15) is 50.6 Å². The van der Waals surface area contributed by atoms with Crippen molar-refractivity contribution in [3.63, 3.8) is 0 Å². The monoisotopic (exact) mass is 382 g/mol. The van der Waals surface area contributed by atoms with E-state index in [4.69, 9.17) is 4.74 Å². The Morgan fingerprint density at radius 1 is 1.38 bits per heavy atom. The summed E-state index contributed by atoms with van der Waals surface area (Å²) in [5.41, 5.74) is 1.01. The van der Waals surface area contributed by atoms with Crippen molar-refractivity contribution in [2.45, 2.75) is 45.1 Å². The Bertz CT molecular complexity index is 659. The number of rotatable bonds is 6. The van der Waals surface area contributed by atoms with Gasteiger partial charge in [-0.1, -0.05) is 6.07 Å². The Kier molecular flexibility index (Phi) is 5.78. The quantitative estimate of drug-likeness (QED) is 0.790. The molecule has 0 bridgehead atoms. The van der Waals surface area contributed by atoms with E-state index in [0.29, 0.717) is 18.3 Å². The molecule has 1 saturated heterocycles. The van der Waals surface area contributed by atoms with Crippen molar-refractivity contribution in [2.24, 2.45) is 17.3 Å². The summed E-state index contributed by atoms with van der Waals surface area (Å²) in [6, 6.07) is 4.82. The predicted octanol–water partition coefficient (Wildman–Crippen LogP) is 3.60. The molecule has 1 spiro atoms. The highest BCUT2D eigenvalue weighted by Gasteiger charge is 2.57. The van der Waals surface area contributed by atoms with Crippen molar-refractivity contribution in [3.8, 4) is 5.75 Å². The van der Waals surface area contributed by atoms with Crippen LogP contribution in [0.3, 0.4) is 0 Å². The van der Waals surface area contributed by atoms with Crippen molar-refractivity contribution in [1.82, 2.24) is 10.6 Å². The summed E-state index contributed by atoms with van der Waals surface area (Å²) in [6.45, 7) is 4.52. The van der Waals surface area contributed by atoms with E-state index in [0.717, 1.165) is 37.9 Å². The van der Waals surface area contributed by atoms with Gasteiger partial charge in [-0.25, -0.2) is 4.39 Å². The highest BCUT2D eigenvalue weighted by Crippen LogP contribution is 2.58. The lowest BCUT2D eigenvalue weighted by Crippen LogP contribution is -2.34. The second-order valence-corrected chi connectivity index (χ2v) is 8.04. The zero-order chi connectivity index (χ0) is 17.4.